The van der Waals surface area contributed by atoms with Crippen molar-refractivity contribution in [2.75, 3.05) is 0 Å². The van der Waals surface area contributed by atoms with Crippen LogP contribution in [0.4, 0.5) is 0 Å². The Hall–Kier alpha value is -0.300. The van der Waals surface area contributed by atoms with Gasteiger partial charge in [0.1, 0.15) is 0 Å². The van der Waals surface area contributed by atoms with E-state index >= 15 is 0 Å². The van der Waals surface area contributed by atoms with Gasteiger partial charge in [-0.25, -0.2) is 0 Å². The van der Waals surface area contributed by atoms with Gasteiger partial charge in [-0.3, -0.25) is 0 Å². The Balaban J connectivity index is 1.60. The summed E-state index contributed by atoms with van der Waals surface area (Å²) in [7, 11) is 0. The largest absolute Gasteiger partial charge is 0.390 e. The molecule has 1 N–H and O–H groups in total. The molecule has 3 fully saturated rings. The molecule has 0 radical (unpaired) electrons. The van der Waals surface area contributed by atoms with Gasteiger partial charge in [0.05, 0.1) is 5.60 Å². The zero-order valence-corrected chi connectivity index (χ0v) is 14.8. The first kappa shape index (κ1) is 15.2. The van der Waals surface area contributed by atoms with E-state index in [1.165, 1.54) is 44.9 Å². The summed E-state index contributed by atoms with van der Waals surface area (Å²) in [6.07, 6.45) is 14.3. The average Bonchev–Trinajstić information content (AvgIpc) is 2.82. The molecule has 0 bridgehead atoms. The van der Waals surface area contributed by atoms with Gasteiger partial charge in [-0.1, -0.05) is 31.9 Å². The Morgan fingerprint density at radius 3 is 2.68 bits per heavy atom. The molecule has 22 heavy (non-hydrogen) atoms. The minimum atomic E-state index is -0.432. The van der Waals surface area contributed by atoms with E-state index in [9.17, 15) is 5.11 Å². The molecule has 1 heteroatoms. The first-order valence-corrected chi connectivity index (χ1v) is 9.86. The van der Waals surface area contributed by atoms with Gasteiger partial charge in [0.15, 0.2) is 0 Å². The van der Waals surface area contributed by atoms with E-state index in [0.29, 0.717) is 5.41 Å². The lowest BCUT2D eigenvalue weighted by Gasteiger charge is -2.54. The Morgan fingerprint density at radius 2 is 1.91 bits per heavy atom. The van der Waals surface area contributed by atoms with Crippen LogP contribution < -0.4 is 0 Å². The van der Waals surface area contributed by atoms with Gasteiger partial charge in [-0.05, 0) is 93.3 Å². The van der Waals surface area contributed by atoms with E-state index in [1.807, 2.05) is 6.92 Å². The lowest BCUT2D eigenvalue weighted by molar-refractivity contribution is -0.0333. The van der Waals surface area contributed by atoms with Gasteiger partial charge < -0.3 is 5.11 Å². The fourth-order valence-corrected chi connectivity index (χ4v) is 7.25. The van der Waals surface area contributed by atoms with Crippen LogP contribution in [0.5, 0.6) is 0 Å². The topological polar surface area (TPSA) is 20.2 Å². The molecule has 5 unspecified atom stereocenters. The fourth-order valence-electron chi connectivity index (χ4n) is 7.25. The first-order valence-electron chi connectivity index (χ1n) is 9.86. The summed E-state index contributed by atoms with van der Waals surface area (Å²) in [6.45, 7) is 7.07. The Morgan fingerprint density at radius 1 is 1.09 bits per heavy atom. The molecule has 0 aromatic heterocycles. The predicted octanol–water partition coefficient (Wildman–Crippen LogP) is 5.34. The van der Waals surface area contributed by atoms with Crippen molar-refractivity contribution in [3.63, 3.8) is 0 Å². The lowest BCUT2D eigenvalue weighted by atomic mass is 9.51. The first-order chi connectivity index (χ1) is 10.4. The Kier molecular flexibility index (Phi) is 3.53. The van der Waals surface area contributed by atoms with E-state index in [4.69, 9.17) is 0 Å². The fraction of sp³-hybridized carbons (Fsp3) is 0.905. The number of hydrogen-bond acceptors (Lipinski definition) is 1. The third-order valence-electron chi connectivity index (χ3n) is 8.41. The van der Waals surface area contributed by atoms with Crippen molar-refractivity contribution in [2.24, 2.45) is 35.0 Å². The number of hydrogen-bond donors (Lipinski definition) is 1. The number of rotatable bonds is 1. The summed E-state index contributed by atoms with van der Waals surface area (Å²) < 4.78 is 0. The zero-order chi connectivity index (χ0) is 15.5. The highest BCUT2D eigenvalue weighted by molar-refractivity contribution is 5.21. The van der Waals surface area contributed by atoms with Crippen molar-refractivity contribution in [2.45, 2.75) is 84.2 Å². The van der Waals surface area contributed by atoms with Gasteiger partial charge in [0.25, 0.3) is 0 Å². The number of fused-ring (bicyclic) bond motifs is 5. The standard InChI is InChI=1S/C21H34O/c1-4-15-6-8-19-18-7-5-14-13-20(2,22)11-9-16(14)17(18)10-12-21(15,19)3/h5,15-19,22H,4,6-13H2,1-3H3/t15-,16?,17?,18?,19?,20-,21?/m0/s1. The molecule has 4 aliphatic carbocycles. The summed E-state index contributed by atoms with van der Waals surface area (Å²) in [5.74, 6) is 4.66. The van der Waals surface area contributed by atoms with Crippen LogP contribution in [0.1, 0.15) is 78.6 Å². The zero-order valence-electron chi connectivity index (χ0n) is 14.8. The normalized spacial score (nSPS) is 54.2. The minimum absolute atomic E-state index is 0.432. The summed E-state index contributed by atoms with van der Waals surface area (Å²) in [5, 5.41) is 10.4. The molecule has 1 nitrogen and oxygen atoms in total. The molecule has 124 valence electrons. The quantitative estimate of drug-likeness (QED) is 0.648. The van der Waals surface area contributed by atoms with E-state index in [2.05, 4.69) is 19.9 Å². The van der Waals surface area contributed by atoms with E-state index in [-0.39, 0.29) is 0 Å². The molecule has 0 heterocycles. The maximum atomic E-state index is 10.4. The summed E-state index contributed by atoms with van der Waals surface area (Å²) in [5.41, 5.74) is 1.83. The van der Waals surface area contributed by atoms with Crippen LogP contribution in [-0.2, 0) is 0 Å². The molecule has 4 aliphatic rings. The van der Waals surface area contributed by atoms with Crippen LogP contribution in [0.15, 0.2) is 11.6 Å². The number of allylic oxidation sites excluding steroid dienone is 1. The lowest BCUT2D eigenvalue weighted by Crippen LogP contribution is -2.47. The molecule has 0 aliphatic heterocycles. The van der Waals surface area contributed by atoms with Gasteiger partial charge in [0.2, 0.25) is 0 Å². The van der Waals surface area contributed by atoms with Crippen molar-refractivity contribution < 1.29 is 5.11 Å². The second kappa shape index (κ2) is 5.10. The van der Waals surface area contributed by atoms with Crippen molar-refractivity contribution in [1.29, 1.82) is 0 Å². The van der Waals surface area contributed by atoms with Crippen molar-refractivity contribution in [3.8, 4) is 0 Å². The van der Waals surface area contributed by atoms with Crippen molar-refractivity contribution >= 4 is 0 Å². The number of aliphatic hydroxyl groups is 1. The molecule has 0 aromatic carbocycles. The van der Waals surface area contributed by atoms with Gasteiger partial charge in [0, 0.05) is 0 Å². The van der Waals surface area contributed by atoms with Crippen LogP contribution in [0.2, 0.25) is 0 Å². The third kappa shape index (κ3) is 2.14. The summed E-state index contributed by atoms with van der Waals surface area (Å²) in [4.78, 5) is 0. The van der Waals surface area contributed by atoms with Crippen LogP contribution in [-0.4, -0.2) is 10.7 Å². The predicted molar refractivity (Wildman–Crippen MR) is 91.5 cm³/mol. The van der Waals surface area contributed by atoms with Crippen LogP contribution >= 0.6 is 0 Å². The van der Waals surface area contributed by atoms with Crippen LogP contribution in [0.3, 0.4) is 0 Å². The van der Waals surface area contributed by atoms with Crippen LogP contribution in [0, 0.1) is 35.0 Å². The summed E-state index contributed by atoms with van der Waals surface area (Å²) in [6, 6.07) is 0. The minimum Gasteiger partial charge on any atom is -0.390 e. The van der Waals surface area contributed by atoms with Gasteiger partial charge in [-0.15, -0.1) is 0 Å². The molecule has 4 rings (SSSR count). The maximum absolute atomic E-state index is 10.4. The van der Waals surface area contributed by atoms with Gasteiger partial charge >= 0.3 is 0 Å². The van der Waals surface area contributed by atoms with E-state index in [1.54, 1.807) is 5.57 Å². The van der Waals surface area contributed by atoms with Crippen molar-refractivity contribution in [3.05, 3.63) is 11.6 Å². The van der Waals surface area contributed by atoms with E-state index < -0.39 is 5.60 Å². The molecule has 0 aromatic rings. The second-order valence-electron chi connectivity index (χ2n) is 9.49. The highest BCUT2D eigenvalue weighted by Crippen LogP contribution is 2.64. The van der Waals surface area contributed by atoms with Crippen molar-refractivity contribution in [1.82, 2.24) is 0 Å². The Bertz CT molecular complexity index is 476. The molecule has 0 spiro atoms. The smallest absolute Gasteiger partial charge is 0.0657 e. The SMILES string of the molecule is CC[C@H]1CCC2C3CC=C4C[C@@](C)(O)CCC4C3CCC21C. The summed E-state index contributed by atoms with van der Waals surface area (Å²) >= 11 is 0. The van der Waals surface area contributed by atoms with E-state index in [0.717, 1.165) is 42.4 Å². The monoisotopic (exact) mass is 302 g/mol. The molecule has 0 saturated heterocycles. The van der Waals surface area contributed by atoms with Gasteiger partial charge in [-0.2, -0.15) is 0 Å². The molecule has 7 atom stereocenters. The highest BCUT2D eigenvalue weighted by Gasteiger charge is 2.55. The molecule has 0 amide bonds. The molecular weight excluding hydrogens is 268 g/mol. The maximum Gasteiger partial charge on any atom is 0.0657 e. The second-order valence-corrected chi connectivity index (χ2v) is 9.49. The third-order valence-corrected chi connectivity index (χ3v) is 8.41. The van der Waals surface area contributed by atoms with Crippen LogP contribution in [0.25, 0.3) is 0 Å². The molecular formula is C21H34O. The average molecular weight is 303 g/mol. The highest BCUT2D eigenvalue weighted by atomic mass is 16.3. The molecule has 3 saturated carbocycles. The Labute approximate surface area is 136 Å².